The predicted octanol–water partition coefficient (Wildman–Crippen LogP) is 14.7. The highest BCUT2D eigenvalue weighted by Crippen LogP contribution is 2.46. The normalized spacial score (nSPS) is 12.1. The standard InChI is InChI=1S/C56H32N6OS/c1-7-33(27-34(8-1)39-13-5-16-44-53-49(17-6-18-52(53)64-56(39)44)62-47-21-25-57-29-45(47)46-30-58-26-22-48(46)62)37-11-3-14-42-43-15-4-12-38(55(43)63-54(37)42)35-9-2-10-36(28-35)61-50-31-59-23-19-40(50)41-20-24-60-32-51(41)61/h1-32H. The van der Waals surface area contributed by atoms with Gasteiger partial charge in [-0.2, -0.15) is 0 Å². The lowest BCUT2D eigenvalue weighted by Crippen LogP contribution is -1.95. The number of benzene rings is 6. The van der Waals surface area contributed by atoms with E-state index in [9.17, 15) is 0 Å². The molecule has 7 nitrogen and oxygen atoms in total. The topological polar surface area (TPSA) is 74.6 Å². The Hall–Kier alpha value is -8.46. The van der Waals surface area contributed by atoms with Crippen molar-refractivity contribution in [3.05, 3.63) is 195 Å². The van der Waals surface area contributed by atoms with Gasteiger partial charge in [0.1, 0.15) is 11.2 Å². The molecule has 0 radical (unpaired) electrons. The molecule has 0 fully saturated rings. The molecule has 0 spiro atoms. The molecular formula is C56H32N6OS. The number of pyridine rings is 4. The molecule has 298 valence electrons. The SMILES string of the molecule is c1cc(-c2cccc3c2oc2c(-c4cccc(-n5c6cnccc6c6ccncc65)c4)cccc23)cc(-c2cccc3c2sc2cccc(-n4c5ccncc5c5cnccc54)c23)c1. The summed E-state index contributed by atoms with van der Waals surface area (Å²) in [4.78, 5) is 17.9. The zero-order valence-electron chi connectivity index (χ0n) is 34.0. The molecule has 64 heavy (non-hydrogen) atoms. The first-order valence-electron chi connectivity index (χ1n) is 21.2. The van der Waals surface area contributed by atoms with Crippen LogP contribution >= 0.6 is 11.3 Å². The Morgan fingerprint density at radius 3 is 1.59 bits per heavy atom. The molecule has 0 unspecified atom stereocenters. The zero-order valence-corrected chi connectivity index (χ0v) is 34.8. The van der Waals surface area contributed by atoms with Crippen LogP contribution in [0, 0.1) is 0 Å². The van der Waals surface area contributed by atoms with Crippen molar-refractivity contribution in [1.29, 1.82) is 0 Å². The van der Waals surface area contributed by atoms with E-state index in [4.69, 9.17) is 4.42 Å². The summed E-state index contributed by atoms with van der Waals surface area (Å²) < 4.78 is 14.1. The molecule has 0 atom stereocenters. The lowest BCUT2D eigenvalue weighted by atomic mass is 9.96. The molecular weight excluding hydrogens is 805 g/mol. The summed E-state index contributed by atoms with van der Waals surface area (Å²) in [5.74, 6) is 0. The van der Waals surface area contributed by atoms with Crippen molar-refractivity contribution in [2.75, 3.05) is 0 Å². The first-order valence-corrected chi connectivity index (χ1v) is 22.1. The first-order chi connectivity index (χ1) is 31.8. The van der Waals surface area contributed by atoms with Gasteiger partial charge in [0.05, 0.1) is 40.1 Å². The van der Waals surface area contributed by atoms with Gasteiger partial charge in [0.25, 0.3) is 0 Å². The van der Waals surface area contributed by atoms with E-state index in [0.29, 0.717) is 0 Å². The molecule has 0 N–H and O–H groups in total. The number of furan rings is 1. The highest BCUT2D eigenvalue weighted by atomic mass is 32.1. The quantitative estimate of drug-likeness (QED) is 0.173. The highest BCUT2D eigenvalue weighted by Gasteiger charge is 2.21. The summed E-state index contributed by atoms with van der Waals surface area (Å²) in [6, 6.07) is 52.2. The van der Waals surface area contributed by atoms with Gasteiger partial charge in [-0.25, -0.2) is 0 Å². The molecule has 0 saturated carbocycles. The molecule has 0 saturated heterocycles. The van der Waals surface area contributed by atoms with E-state index in [1.807, 2.05) is 60.9 Å². The number of aromatic nitrogens is 6. The lowest BCUT2D eigenvalue weighted by Gasteiger charge is -2.10. The molecule has 8 heterocycles. The van der Waals surface area contributed by atoms with Crippen molar-refractivity contribution in [1.82, 2.24) is 29.1 Å². The van der Waals surface area contributed by atoms with Crippen molar-refractivity contribution in [2.24, 2.45) is 0 Å². The van der Waals surface area contributed by atoms with E-state index in [1.54, 1.807) is 0 Å². The van der Waals surface area contributed by atoms with Gasteiger partial charge in [0, 0.05) is 106 Å². The van der Waals surface area contributed by atoms with Crippen LogP contribution in [0.4, 0.5) is 0 Å². The van der Waals surface area contributed by atoms with Gasteiger partial charge < -0.3 is 13.6 Å². The maximum atomic E-state index is 7.03. The van der Waals surface area contributed by atoms with E-state index in [2.05, 4.69) is 175 Å². The predicted molar refractivity (Wildman–Crippen MR) is 263 cm³/mol. The van der Waals surface area contributed by atoms with Crippen LogP contribution in [-0.4, -0.2) is 29.1 Å². The minimum atomic E-state index is 0.866. The van der Waals surface area contributed by atoms with E-state index >= 15 is 0 Å². The molecule has 0 aliphatic carbocycles. The fourth-order valence-electron chi connectivity index (χ4n) is 10.1. The average molecular weight is 837 g/mol. The van der Waals surface area contributed by atoms with Gasteiger partial charge in [-0.1, -0.05) is 91.0 Å². The second-order valence-corrected chi connectivity index (χ2v) is 17.3. The molecule has 14 aromatic rings. The van der Waals surface area contributed by atoms with E-state index in [1.165, 1.54) is 25.7 Å². The van der Waals surface area contributed by atoms with E-state index in [0.717, 1.165) is 105 Å². The number of fused-ring (bicyclic) bond motifs is 12. The van der Waals surface area contributed by atoms with Crippen molar-refractivity contribution in [3.8, 4) is 44.8 Å². The minimum Gasteiger partial charge on any atom is -0.455 e. The second-order valence-electron chi connectivity index (χ2n) is 16.3. The Morgan fingerprint density at radius 1 is 0.391 bits per heavy atom. The molecule has 0 amide bonds. The summed E-state index contributed by atoms with van der Waals surface area (Å²) in [6.45, 7) is 0. The summed E-state index contributed by atoms with van der Waals surface area (Å²) in [6.07, 6.45) is 15.2. The Kier molecular flexibility index (Phi) is 7.43. The number of rotatable bonds is 5. The summed E-state index contributed by atoms with van der Waals surface area (Å²) >= 11 is 1.85. The third-order valence-electron chi connectivity index (χ3n) is 12.9. The number of nitrogens with zero attached hydrogens (tertiary/aromatic N) is 6. The van der Waals surface area contributed by atoms with Crippen molar-refractivity contribution in [3.63, 3.8) is 0 Å². The molecule has 8 aromatic heterocycles. The fraction of sp³-hybridized carbons (Fsp3) is 0. The van der Waals surface area contributed by atoms with Gasteiger partial charge >= 0.3 is 0 Å². The summed E-state index contributed by atoms with van der Waals surface area (Å²) in [5, 5.41) is 9.13. The zero-order chi connectivity index (χ0) is 41.9. The van der Waals surface area contributed by atoms with Crippen LogP contribution in [0.15, 0.2) is 200 Å². The second kappa shape index (κ2) is 13.5. The van der Waals surface area contributed by atoms with E-state index in [-0.39, 0.29) is 0 Å². The molecule has 0 aliphatic heterocycles. The van der Waals surface area contributed by atoms with Crippen molar-refractivity contribution in [2.45, 2.75) is 0 Å². The van der Waals surface area contributed by atoms with E-state index < -0.39 is 0 Å². The molecule has 6 aromatic carbocycles. The van der Waals surface area contributed by atoms with Gasteiger partial charge in [0.2, 0.25) is 0 Å². The van der Waals surface area contributed by atoms with Crippen molar-refractivity contribution >= 4 is 97.1 Å². The molecule has 14 rings (SSSR count). The Bertz CT molecular complexity index is 4120. The Morgan fingerprint density at radius 2 is 0.922 bits per heavy atom. The van der Waals surface area contributed by atoms with Crippen LogP contribution in [-0.2, 0) is 0 Å². The molecule has 8 heteroatoms. The fourth-order valence-corrected chi connectivity index (χ4v) is 11.4. The van der Waals surface area contributed by atoms with Crippen LogP contribution in [0.2, 0.25) is 0 Å². The maximum Gasteiger partial charge on any atom is 0.143 e. The highest BCUT2D eigenvalue weighted by molar-refractivity contribution is 7.26. The Balaban J connectivity index is 0.897. The number of thiophene rings is 1. The number of para-hydroxylation sites is 2. The van der Waals surface area contributed by atoms with Gasteiger partial charge in [-0.15, -0.1) is 11.3 Å². The minimum absolute atomic E-state index is 0.866. The summed E-state index contributed by atoms with van der Waals surface area (Å²) in [7, 11) is 0. The summed E-state index contributed by atoms with van der Waals surface area (Å²) in [5.41, 5.74) is 14.9. The Labute approximate surface area is 368 Å². The van der Waals surface area contributed by atoms with Gasteiger partial charge in [0.15, 0.2) is 0 Å². The maximum absolute atomic E-state index is 7.03. The number of hydrogen-bond donors (Lipinski definition) is 0. The van der Waals surface area contributed by atoms with Crippen molar-refractivity contribution < 1.29 is 4.42 Å². The average Bonchev–Trinajstić information content (AvgIpc) is 4.12. The van der Waals surface area contributed by atoms with Crippen LogP contribution in [0.1, 0.15) is 0 Å². The van der Waals surface area contributed by atoms with Crippen LogP contribution < -0.4 is 0 Å². The van der Waals surface area contributed by atoms with Crippen LogP contribution in [0.5, 0.6) is 0 Å². The van der Waals surface area contributed by atoms with Gasteiger partial charge in [-0.3, -0.25) is 19.9 Å². The molecule has 0 aliphatic rings. The largest absolute Gasteiger partial charge is 0.455 e. The third kappa shape index (κ3) is 5.02. The lowest BCUT2D eigenvalue weighted by molar-refractivity contribution is 0.671. The van der Waals surface area contributed by atoms with Crippen LogP contribution in [0.25, 0.3) is 130 Å². The third-order valence-corrected chi connectivity index (χ3v) is 14.1. The first kappa shape index (κ1) is 35.2. The number of hydrogen-bond acceptors (Lipinski definition) is 6. The van der Waals surface area contributed by atoms with Gasteiger partial charge in [-0.05, 0) is 76.9 Å². The molecule has 0 bridgehead atoms. The van der Waals surface area contributed by atoms with Crippen LogP contribution in [0.3, 0.4) is 0 Å². The smallest absolute Gasteiger partial charge is 0.143 e. The monoisotopic (exact) mass is 836 g/mol.